The third-order valence-corrected chi connectivity index (χ3v) is 5.42. The molecule has 2 aromatic rings. The molecule has 2 aliphatic heterocycles. The predicted molar refractivity (Wildman–Crippen MR) is 97.3 cm³/mol. The number of hydrogen-bond donors (Lipinski definition) is 2. The highest BCUT2D eigenvalue weighted by Gasteiger charge is 2.51. The first kappa shape index (κ1) is 17.3. The fraction of sp³-hybridized carbons (Fsp3) is 0.294. The molecule has 2 atom stereocenters. The maximum absolute atomic E-state index is 13.2. The highest BCUT2D eigenvalue weighted by Crippen LogP contribution is 2.37. The van der Waals surface area contributed by atoms with Gasteiger partial charge in [-0.3, -0.25) is 14.5 Å². The zero-order valence-corrected chi connectivity index (χ0v) is 15.1. The number of nitrogens with one attached hydrogen (secondary N) is 2. The Kier molecular flexibility index (Phi) is 4.19. The van der Waals surface area contributed by atoms with E-state index in [2.05, 4.69) is 10.6 Å². The number of thiophene rings is 1. The van der Waals surface area contributed by atoms with Crippen LogP contribution in [0.2, 0.25) is 0 Å². The van der Waals surface area contributed by atoms with E-state index in [4.69, 9.17) is 4.74 Å². The van der Waals surface area contributed by atoms with Crippen LogP contribution in [-0.2, 0) is 14.3 Å². The lowest BCUT2D eigenvalue weighted by Crippen LogP contribution is -2.72. The fourth-order valence-corrected chi connectivity index (χ4v) is 4.21. The molecule has 2 saturated heterocycles. The number of esters is 1. The van der Waals surface area contributed by atoms with Crippen molar-refractivity contribution in [3.8, 4) is 0 Å². The van der Waals surface area contributed by atoms with Gasteiger partial charge in [0.2, 0.25) is 6.23 Å². The number of rotatable bonds is 3. The van der Waals surface area contributed by atoms with Crippen molar-refractivity contribution in [2.45, 2.75) is 19.2 Å². The lowest BCUT2D eigenvalue weighted by molar-refractivity contribution is -0.161. The number of nitrogens with zero attached hydrogens (tertiary/aromatic N) is 2. The van der Waals surface area contributed by atoms with Crippen molar-refractivity contribution in [1.82, 2.24) is 15.5 Å². The van der Waals surface area contributed by atoms with E-state index in [-0.39, 0.29) is 6.54 Å². The van der Waals surface area contributed by atoms with E-state index in [1.165, 1.54) is 23.2 Å². The minimum Gasteiger partial charge on any atom is -0.439 e. The second-order valence-corrected chi connectivity index (χ2v) is 7.01. The minimum absolute atomic E-state index is 0.198. The first-order valence-electron chi connectivity index (χ1n) is 8.30. The summed E-state index contributed by atoms with van der Waals surface area (Å²) in [4.78, 5) is 51.1. The largest absolute Gasteiger partial charge is 0.439 e. The predicted octanol–water partition coefficient (Wildman–Crippen LogP) is 1.24. The van der Waals surface area contributed by atoms with Gasteiger partial charge in [0.05, 0.1) is 0 Å². The highest BCUT2D eigenvalue weighted by molar-refractivity contribution is 7.16. The average molecular weight is 388 g/mol. The number of hydrogen-bond acceptors (Lipinski definition) is 6. The number of anilines is 1. The van der Waals surface area contributed by atoms with Crippen molar-refractivity contribution in [2.75, 3.05) is 18.0 Å². The lowest BCUT2D eigenvalue weighted by Gasteiger charge is -2.42. The van der Waals surface area contributed by atoms with Gasteiger partial charge in [-0.15, -0.1) is 11.3 Å². The van der Waals surface area contributed by atoms with Crippen LogP contribution in [0.25, 0.3) is 10.8 Å². The molecular formula is C17H16N4O5S. The average Bonchev–Trinajstić information content (AvgIpc) is 3.24. The molecule has 3 heterocycles. The zero-order valence-electron chi connectivity index (χ0n) is 14.3. The van der Waals surface area contributed by atoms with E-state index in [9.17, 15) is 19.2 Å². The molecule has 0 saturated carbocycles. The van der Waals surface area contributed by atoms with Crippen LogP contribution in [0, 0.1) is 0 Å². The molecule has 10 heteroatoms. The summed E-state index contributed by atoms with van der Waals surface area (Å²) in [5, 5.41) is 9.13. The summed E-state index contributed by atoms with van der Waals surface area (Å²) in [5.74, 6) is -1.03. The van der Waals surface area contributed by atoms with Crippen LogP contribution < -0.4 is 15.5 Å². The van der Waals surface area contributed by atoms with Gasteiger partial charge in [0.25, 0.3) is 5.91 Å². The summed E-state index contributed by atoms with van der Waals surface area (Å²) in [6.45, 7) is 1.76. The SMILES string of the molecule is CC(=O)O[C@@H]1NC(=O)[C@H]1N(C(=O)N1CCNC1=O)c1scc2ccccc12. The van der Waals surface area contributed by atoms with Gasteiger partial charge in [0.15, 0.2) is 6.04 Å². The molecule has 140 valence electrons. The van der Waals surface area contributed by atoms with E-state index in [0.29, 0.717) is 11.5 Å². The summed E-state index contributed by atoms with van der Waals surface area (Å²) >= 11 is 1.29. The minimum atomic E-state index is -1.04. The molecular weight excluding hydrogens is 372 g/mol. The van der Waals surface area contributed by atoms with Crippen molar-refractivity contribution >= 4 is 51.0 Å². The topological polar surface area (TPSA) is 108 Å². The smallest absolute Gasteiger partial charge is 0.334 e. The summed E-state index contributed by atoms with van der Waals surface area (Å²) in [6.07, 6.45) is -0.967. The van der Waals surface area contributed by atoms with Crippen LogP contribution in [0.4, 0.5) is 14.6 Å². The molecule has 2 fully saturated rings. The number of benzene rings is 1. The first-order valence-corrected chi connectivity index (χ1v) is 9.17. The van der Waals surface area contributed by atoms with Gasteiger partial charge in [0, 0.05) is 30.8 Å². The molecule has 0 radical (unpaired) electrons. The van der Waals surface area contributed by atoms with Crippen molar-refractivity contribution in [1.29, 1.82) is 0 Å². The van der Waals surface area contributed by atoms with Crippen molar-refractivity contribution in [2.24, 2.45) is 0 Å². The highest BCUT2D eigenvalue weighted by atomic mass is 32.1. The molecule has 2 N–H and O–H groups in total. The van der Waals surface area contributed by atoms with Gasteiger partial charge in [-0.2, -0.15) is 0 Å². The van der Waals surface area contributed by atoms with Crippen LogP contribution in [0.3, 0.4) is 0 Å². The van der Waals surface area contributed by atoms with Crippen molar-refractivity contribution < 1.29 is 23.9 Å². The van der Waals surface area contributed by atoms with Gasteiger partial charge in [-0.05, 0) is 5.39 Å². The van der Waals surface area contributed by atoms with E-state index in [1.54, 1.807) is 0 Å². The molecule has 27 heavy (non-hydrogen) atoms. The molecule has 2 aliphatic rings. The van der Waals surface area contributed by atoms with Crippen molar-refractivity contribution in [3.05, 3.63) is 29.6 Å². The normalized spacial score (nSPS) is 21.4. The van der Waals surface area contributed by atoms with E-state index < -0.39 is 36.2 Å². The van der Waals surface area contributed by atoms with Gasteiger partial charge < -0.3 is 15.4 Å². The van der Waals surface area contributed by atoms with E-state index in [0.717, 1.165) is 15.7 Å². The monoisotopic (exact) mass is 388 g/mol. The third-order valence-electron chi connectivity index (χ3n) is 4.41. The molecule has 1 aromatic carbocycles. The summed E-state index contributed by atoms with van der Waals surface area (Å²) in [6, 6.07) is 5.24. The number of fused-ring (bicyclic) bond motifs is 1. The van der Waals surface area contributed by atoms with E-state index >= 15 is 0 Å². The van der Waals surface area contributed by atoms with Gasteiger partial charge in [-0.25, -0.2) is 14.5 Å². The molecule has 0 unspecified atom stereocenters. The fourth-order valence-electron chi connectivity index (χ4n) is 3.15. The third kappa shape index (κ3) is 2.87. The molecule has 5 amide bonds. The maximum Gasteiger partial charge on any atom is 0.334 e. The number of carbonyl (C=O) groups excluding carboxylic acids is 4. The van der Waals surface area contributed by atoms with Gasteiger partial charge in [0.1, 0.15) is 5.00 Å². The lowest BCUT2D eigenvalue weighted by atomic mass is 10.1. The van der Waals surface area contributed by atoms with Gasteiger partial charge >= 0.3 is 18.0 Å². The molecule has 9 nitrogen and oxygen atoms in total. The van der Waals surface area contributed by atoms with Crippen LogP contribution in [0.5, 0.6) is 0 Å². The molecule has 0 bridgehead atoms. The quantitative estimate of drug-likeness (QED) is 0.608. The first-order chi connectivity index (χ1) is 13.0. The summed E-state index contributed by atoms with van der Waals surface area (Å²) in [5.41, 5.74) is 0. The maximum atomic E-state index is 13.2. The molecule has 0 aliphatic carbocycles. The van der Waals surface area contributed by atoms with E-state index in [1.807, 2.05) is 29.6 Å². The second kappa shape index (κ2) is 6.54. The Balaban J connectivity index is 1.78. The van der Waals surface area contributed by atoms with Crippen LogP contribution >= 0.6 is 11.3 Å². The van der Waals surface area contributed by atoms with Gasteiger partial charge in [-0.1, -0.05) is 24.3 Å². The number of urea groups is 2. The number of carbonyl (C=O) groups is 4. The van der Waals surface area contributed by atoms with Crippen LogP contribution in [0.1, 0.15) is 6.92 Å². The Labute approximate surface area is 157 Å². The zero-order chi connectivity index (χ0) is 19.1. The Morgan fingerprint density at radius 1 is 1.30 bits per heavy atom. The molecule has 0 spiro atoms. The van der Waals surface area contributed by atoms with Crippen LogP contribution in [-0.4, -0.2) is 54.2 Å². The number of amides is 5. The van der Waals surface area contributed by atoms with Crippen LogP contribution in [0.15, 0.2) is 29.6 Å². The van der Waals surface area contributed by atoms with Crippen molar-refractivity contribution in [3.63, 3.8) is 0 Å². The number of β-lactam (4-membered cyclic amide) rings is 1. The molecule has 1 aromatic heterocycles. The molecule has 4 rings (SSSR count). The Morgan fingerprint density at radius 3 is 2.74 bits per heavy atom. The number of ether oxygens (including phenoxy) is 1. The standard InChI is InChI=1S/C17H16N4O5S/c1-9(22)26-14-12(13(23)19-14)21(17(25)20-7-6-18-16(20)24)15-11-5-3-2-4-10(11)8-27-15/h2-5,8,12,14H,6-7H2,1H3,(H,18,24)(H,19,23)/t12-,14+/m1/s1. The number of imide groups is 1. The Bertz CT molecular complexity index is 958. The summed E-state index contributed by atoms with van der Waals surface area (Å²) < 4.78 is 5.12. The Morgan fingerprint density at radius 2 is 2.07 bits per heavy atom. The summed E-state index contributed by atoms with van der Waals surface area (Å²) in [7, 11) is 0. The second-order valence-electron chi connectivity index (χ2n) is 6.15. The Hall–Kier alpha value is -3.14.